The zero-order chi connectivity index (χ0) is 22.9. The maximum Gasteiger partial charge on any atom is 0.274 e. The first-order valence-electron chi connectivity index (χ1n) is 12.3. The van der Waals surface area contributed by atoms with Crippen molar-refractivity contribution in [3.63, 3.8) is 0 Å². The summed E-state index contributed by atoms with van der Waals surface area (Å²) in [6.07, 6.45) is 11.2. The first kappa shape index (κ1) is 21.9. The lowest BCUT2D eigenvalue weighted by molar-refractivity contribution is -0.138. The van der Waals surface area contributed by atoms with Crippen LogP contribution in [0.1, 0.15) is 41.7 Å². The van der Waals surface area contributed by atoms with Crippen LogP contribution in [0.2, 0.25) is 0 Å². The number of aryl methyl sites for hydroxylation is 1. The molecule has 1 aliphatic heterocycles. The Kier molecular flexibility index (Phi) is 6.09. The highest BCUT2D eigenvalue weighted by atomic mass is 16.2. The van der Waals surface area contributed by atoms with Crippen LogP contribution in [0, 0.1) is 23.7 Å². The maximum atomic E-state index is 13.2. The number of carbonyl (C=O) groups excluding carboxylic acids is 2. The van der Waals surface area contributed by atoms with E-state index >= 15 is 0 Å². The van der Waals surface area contributed by atoms with Gasteiger partial charge in [0, 0.05) is 45.3 Å². The summed E-state index contributed by atoms with van der Waals surface area (Å²) in [5.41, 5.74) is 1.71. The summed E-state index contributed by atoms with van der Waals surface area (Å²) in [6.45, 7) is 1.58. The van der Waals surface area contributed by atoms with Crippen molar-refractivity contribution in [1.82, 2.24) is 19.6 Å². The number of benzene rings is 1. The van der Waals surface area contributed by atoms with Crippen molar-refractivity contribution < 1.29 is 9.59 Å². The number of likely N-dealkylation sites (N-methyl/N-ethyl adjacent to an activating group) is 1. The van der Waals surface area contributed by atoms with Gasteiger partial charge >= 0.3 is 0 Å². The van der Waals surface area contributed by atoms with Crippen molar-refractivity contribution >= 4 is 11.8 Å². The van der Waals surface area contributed by atoms with E-state index in [2.05, 4.69) is 46.4 Å². The standard InChI is InChI=1S/C27H34N4O2/c1-29-13-12-24(28-29)27(33)30(2)25(18-19-6-4-3-5-7-19)21-10-14-31(15-11-21)26(32)23-17-20-8-9-22(23)16-20/h3-9,12-13,20-23,25H,10-11,14-18H2,1-2H3/t20-,22+,23+,25?/m1/s1. The Balaban J connectivity index is 1.28. The van der Waals surface area contributed by atoms with Crippen LogP contribution in [-0.2, 0) is 18.3 Å². The number of amides is 2. The number of hydrogen-bond acceptors (Lipinski definition) is 3. The van der Waals surface area contributed by atoms with Crippen molar-refractivity contribution in [2.45, 2.75) is 38.1 Å². The molecule has 1 aromatic carbocycles. The van der Waals surface area contributed by atoms with Crippen LogP contribution in [0.5, 0.6) is 0 Å². The number of aromatic nitrogens is 2. The Labute approximate surface area is 196 Å². The van der Waals surface area contributed by atoms with Gasteiger partial charge in [-0.3, -0.25) is 14.3 Å². The highest BCUT2D eigenvalue weighted by Gasteiger charge is 2.42. The van der Waals surface area contributed by atoms with Gasteiger partial charge in [0.05, 0.1) is 0 Å². The summed E-state index contributed by atoms with van der Waals surface area (Å²) in [5.74, 6) is 1.92. The fraction of sp³-hybridized carbons (Fsp3) is 0.519. The number of likely N-dealkylation sites (tertiary alicyclic amines) is 1. The topological polar surface area (TPSA) is 58.4 Å². The third kappa shape index (κ3) is 4.48. The minimum atomic E-state index is -0.0381. The molecule has 2 heterocycles. The largest absolute Gasteiger partial charge is 0.342 e. The molecule has 2 bridgehead atoms. The van der Waals surface area contributed by atoms with Crippen LogP contribution in [-0.4, -0.2) is 57.6 Å². The second-order valence-electron chi connectivity index (χ2n) is 10.1. The van der Waals surface area contributed by atoms with E-state index in [9.17, 15) is 9.59 Å². The minimum absolute atomic E-state index is 0.0381. The summed E-state index contributed by atoms with van der Waals surface area (Å²) in [6, 6.07) is 12.3. The fourth-order valence-electron chi connectivity index (χ4n) is 6.14. The van der Waals surface area contributed by atoms with Gasteiger partial charge in [-0.15, -0.1) is 0 Å². The van der Waals surface area contributed by atoms with E-state index in [0.717, 1.165) is 45.2 Å². The van der Waals surface area contributed by atoms with Crippen molar-refractivity contribution in [1.29, 1.82) is 0 Å². The lowest BCUT2D eigenvalue weighted by Gasteiger charge is -2.41. The van der Waals surface area contributed by atoms with Gasteiger partial charge in [-0.25, -0.2) is 0 Å². The molecule has 4 atom stereocenters. The van der Waals surface area contributed by atoms with Gasteiger partial charge in [0.2, 0.25) is 5.91 Å². The minimum Gasteiger partial charge on any atom is -0.342 e. The Morgan fingerprint density at radius 1 is 1.09 bits per heavy atom. The summed E-state index contributed by atoms with van der Waals surface area (Å²) in [5, 5.41) is 4.33. The number of nitrogens with zero attached hydrogens (tertiary/aromatic N) is 4. The zero-order valence-electron chi connectivity index (χ0n) is 19.6. The second kappa shape index (κ2) is 9.16. The maximum absolute atomic E-state index is 13.2. The molecular formula is C27H34N4O2. The number of carbonyl (C=O) groups is 2. The first-order valence-corrected chi connectivity index (χ1v) is 12.3. The molecule has 6 nitrogen and oxygen atoms in total. The summed E-state index contributed by atoms with van der Waals surface area (Å²) < 4.78 is 1.67. The molecule has 33 heavy (non-hydrogen) atoms. The molecule has 1 saturated carbocycles. The van der Waals surface area contributed by atoms with Gasteiger partial charge in [0.25, 0.3) is 5.91 Å². The molecule has 6 heteroatoms. The van der Waals surface area contributed by atoms with Crippen LogP contribution in [0.25, 0.3) is 0 Å². The van der Waals surface area contributed by atoms with E-state index in [4.69, 9.17) is 0 Å². The average molecular weight is 447 g/mol. The van der Waals surface area contributed by atoms with Gasteiger partial charge < -0.3 is 9.80 Å². The van der Waals surface area contributed by atoms with Crippen molar-refractivity contribution in [2.75, 3.05) is 20.1 Å². The van der Waals surface area contributed by atoms with Crippen molar-refractivity contribution in [2.24, 2.45) is 30.7 Å². The van der Waals surface area contributed by atoms with E-state index in [-0.39, 0.29) is 17.9 Å². The van der Waals surface area contributed by atoms with E-state index in [0.29, 0.717) is 29.4 Å². The number of hydrogen-bond donors (Lipinski definition) is 0. The van der Waals surface area contributed by atoms with E-state index in [1.165, 1.54) is 5.56 Å². The lowest BCUT2D eigenvalue weighted by atomic mass is 9.84. The summed E-state index contributed by atoms with van der Waals surface area (Å²) >= 11 is 0. The van der Waals surface area contributed by atoms with Crippen molar-refractivity contribution in [3.05, 3.63) is 66.0 Å². The molecule has 1 aromatic heterocycles. The van der Waals surface area contributed by atoms with Crippen LogP contribution in [0.3, 0.4) is 0 Å². The Morgan fingerprint density at radius 2 is 1.85 bits per heavy atom. The van der Waals surface area contributed by atoms with Crippen molar-refractivity contribution in [3.8, 4) is 0 Å². The Bertz CT molecular complexity index is 1020. The molecule has 2 aromatic rings. The average Bonchev–Trinajstić information content (AvgIpc) is 3.59. The number of fused-ring (bicyclic) bond motifs is 2. The number of rotatable bonds is 6. The smallest absolute Gasteiger partial charge is 0.274 e. The quantitative estimate of drug-likeness (QED) is 0.638. The number of allylic oxidation sites excluding steroid dienone is 2. The molecule has 0 spiro atoms. The normalized spacial score (nSPS) is 25.4. The van der Waals surface area contributed by atoms with Gasteiger partial charge in [0.15, 0.2) is 0 Å². The molecule has 174 valence electrons. The van der Waals surface area contributed by atoms with Crippen LogP contribution in [0.15, 0.2) is 54.7 Å². The van der Waals surface area contributed by atoms with Gasteiger partial charge in [-0.1, -0.05) is 42.5 Å². The zero-order valence-corrected chi connectivity index (χ0v) is 19.6. The number of piperidine rings is 1. The van der Waals surface area contributed by atoms with E-state index in [1.54, 1.807) is 10.7 Å². The van der Waals surface area contributed by atoms with Crippen LogP contribution >= 0.6 is 0 Å². The fourth-order valence-corrected chi connectivity index (χ4v) is 6.14. The molecule has 2 amide bonds. The molecule has 5 rings (SSSR count). The van der Waals surface area contributed by atoms with Crippen LogP contribution < -0.4 is 0 Å². The third-order valence-corrected chi connectivity index (χ3v) is 8.03. The SMILES string of the molecule is CN(C(=O)c1ccn(C)n1)C(Cc1ccccc1)C1CCN(C(=O)[C@H]2C[C@@H]3C=C[C@H]2C3)CC1. The third-order valence-electron chi connectivity index (χ3n) is 8.03. The highest BCUT2D eigenvalue weighted by molar-refractivity contribution is 5.92. The second-order valence-corrected chi connectivity index (χ2v) is 10.1. The molecule has 1 saturated heterocycles. The molecule has 0 radical (unpaired) electrons. The lowest BCUT2D eigenvalue weighted by Crippen LogP contribution is -2.49. The monoisotopic (exact) mass is 446 g/mol. The summed E-state index contributed by atoms with van der Waals surface area (Å²) in [4.78, 5) is 30.4. The molecule has 2 fully saturated rings. The van der Waals surface area contributed by atoms with Gasteiger partial charge in [-0.05, 0) is 61.5 Å². The molecule has 0 N–H and O–H groups in total. The molecule has 2 aliphatic carbocycles. The van der Waals surface area contributed by atoms with Gasteiger partial charge in [-0.2, -0.15) is 5.10 Å². The molecule has 1 unspecified atom stereocenters. The Hall–Kier alpha value is -2.89. The predicted molar refractivity (Wildman–Crippen MR) is 127 cm³/mol. The highest BCUT2D eigenvalue weighted by Crippen LogP contribution is 2.44. The van der Waals surface area contributed by atoms with Gasteiger partial charge in [0.1, 0.15) is 5.69 Å². The molecule has 3 aliphatic rings. The van der Waals surface area contributed by atoms with Crippen LogP contribution in [0.4, 0.5) is 0 Å². The molecular weight excluding hydrogens is 412 g/mol. The Morgan fingerprint density at radius 3 is 2.45 bits per heavy atom. The summed E-state index contributed by atoms with van der Waals surface area (Å²) in [7, 11) is 3.74. The van der Waals surface area contributed by atoms with E-state index < -0.39 is 0 Å². The predicted octanol–water partition coefficient (Wildman–Crippen LogP) is 3.55. The van der Waals surface area contributed by atoms with E-state index in [1.807, 2.05) is 31.3 Å². The first-order chi connectivity index (χ1) is 16.0.